The van der Waals surface area contributed by atoms with E-state index in [2.05, 4.69) is 17.1 Å². The predicted octanol–water partition coefficient (Wildman–Crippen LogP) is 3.35. The van der Waals surface area contributed by atoms with Crippen LogP contribution in [0.4, 0.5) is 15.8 Å². The van der Waals surface area contributed by atoms with Gasteiger partial charge in [-0.05, 0) is 49.2 Å². The number of anilines is 2. The summed E-state index contributed by atoms with van der Waals surface area (Å²) in [5, 5.41) is 2.92. The summed E-state index contributed by atoms with van der Waals surface area (Å²) in [7, 11) is 0. The molecule has 0 bridgehead atoms. The molecule has 148 valence electrons. The zero-order chi connectivity index (χ0) is 20.1. The number of nitrogens with one attached hydrogen (secondary N) is 1. The zero-order valence-corrected chi connectivity index (χ0v) is 16.4. The lowest BCUT2D eigenvalue weighted by Crippen LogP contribution is -2.48. The highest BCUT2D eigenvalue weighted by Gasteiger charge is 2.21. The van der Waals surface area contributed by atoms with Gasteiger partial charge in [0.2, 0.25) is 5.91 Å². The van der Waals surface area contributed by atoms with Crippen molar-refractivity contribution in [1.29, 1.82) is 0 Å². The maximum absolute atomic E-state index is 14.3. The second kappa shape index (κ2) is 8.97. The van der Waals surface area contributed by atoms with Crippen LogP contribution >= 0.6 is 0 Å². The smallest absolute Gasteiger partial charge is 0.238 e. The number of nitrogens with zero attached hydrogens (tertiary/aromatic N) is 2. The number of aryl methyl sites for hydroxylation is 1. The molecule has 0 atom stereocenters. The molecule has 1 aliphatic rings. The van der Waals surface area contributed by atoms with Crippen molar-refractivity contribution in [2.45, 2.75) is 20.3 Å². The van der Waals surface area contributed by atoms with E-state index in [9.17, 15) is 14.0 Å². The lowest BCUT2D eigenvalue weighted by molar-refractivity contribution is -0.117. The summed E-state index contributed by atoms with van der Waals surface area (Å²) < 4.78 is 14.3. The molecule has 5 nitrogen and oxygen atoms in total. The van der Waals surface area contributed by atoms with Gasteiger partial charge in [-0.1, -0.05) is 19.1 Å². The van der Waals surface area contributed by atoms with E-state index in [1.807, 2.05) is 29.2 Å². The standard InChI is InChI=1S/C22H26FN3O2/c1-3-17-4-7-19(8-5-17)24-22(28)15-25-10-12-26(13-11-25)21-9-6-18(16(2)27)14-20(21)23/h4-9,14H,3,10-13,15H2,1-2H3,(H,24,28). The van der Waals surface area contributed by atoms with Gasteiger partial charge in [0.25, 0.3) is 0 Å². The molecule has 0 aromatic heterocycles. The molecule has 1 N–H and O–H groups in total. The van der Waals surface area contributed by atoms with Gasteiger partial charge in [-0.25, -0.2) is 4.39 Å². The van der Waals surface area contributed by atoms with E-state index in [-0.39, 0.29) is 17.5 Å². The van der Waals surface area contributed by atoms with Crippen molar-refractivity contribution < 1.29 is 14.0 Å². The summed E-state index contributed by atoms with van der Waals surface area (Å²) in [6, 6.07) is 12.5. The monoisotopic (exact) mass is 383 g/mol. The molecule has 0 unspecified atom stereocenters. The molecule has 1 fully saturated rings. The van der Waals surface area contributed by atoms with Gasteiger partial charge in [0.1, 0.15) is 5.82 Å². The van der Waals surface area contributed by atoms with Gasteiger partial charge in [0, 0.05) is 37.4 Å². The highest BCUT2D eigenvalue weighted by atomic mass is 19.1. The highest BCUT2D eigenvalue weighted by molar-refractivity contribution is 5.94. The normalized spacial score (nSPS) is 14.8. The van der Waals surface area contributed by atoms with Crippen molar-refractivity contribution in [2.75, 3.05) is 42.9 Å². The summed E-state index contributed by atoms with van der Waals surface area (Å²) in [6.45, 7) is 6.46. The Bertz CT molecular complexity index is 843. The van der Waals surface area contributed by atoms with Crippen molar-refractivity contribution in [2.24, 2.45) is 0 Å². The first kappa shape index (κ1) is 20.0. The number of carbonyl (C=O) groups excluding carboxylic acids is 2. The first-order valence-corrected chi connectivity index (χ1v) is 9.63. The number of piperazine rings is 1. The Kier molecular flexibility index (Phi) is 6.41. The summed E-state index contributed by atoms with van der Waals surface area (Å²) in [5.74, 6) is -0.574. The largest absolute Gasteiger partial charge is 0.367 e. The first-order chi connectivity index (χ1) is 13.5. The van der Waals surface area contributed by atoms with Gasteiger partial charge < -0.3 is 10.2 Å². The molecule has 6 heteroatoms. The van der Waals surface area contributed by atoms with Crippen molar-refractivity contribution >= 4 is 23.1 Å². The minimum Gasteiger partial charge on any atom is -0.367 e. The van der Waals surface area contributed by atoms with Crippen LogP contribution in [0, 0.1) is 5.82 Å². The van der Waals surface area contributed by atoms with Crippen LogP contribution in [0.1, 0.15) is 29.8 Å². The van der Waals surface area contributed by atoms with Crippen molar-refractivity contribution in [3.8, 4) is 0 Å². The van der Waals surface area contributed by atoms with Crippen LogP contribution in [0.2, 0.25) is 0 Å². The number of rotatable bonds is 6. The molecular weight excluding hydrogens is 357 g/mol. The molecule has 0 spiro atoms. The minimum absolute atomic E-state index is 0.0466. The van der Waals surface area contributed by atoms with Gasteiger partial charge in [-0.3, -0.25) is 14.5 Å². The number of ketones is 1. The van der Waals surface area contributed by atoms with E-state index in [4.69, 9.17) is 0 Å². The molecule has 3 rings (SSSR count). The predicted molar refractivity (Wildman–Crippen MR) is 110 cm³/mol. The van der Waals surface area contributed by atoms with Gasteiger partial charge in [-0.2, -0.15) is 0 Å². The third-order valence-electron chi connectivity index (χ3n) is 5.08. The van der Waals surface area contributed by atoms with Crippen LogP contribution in [0.25, 0.3) is 0 Å². The average Bonchev–Trinajstić information content (AvgIpc) is 2.69. The first-order valence-electron chi connectivity index (χ1n) is 9.63. The average molecular weight is 383 g/mol. The van der Waals surface area contributed by atoms with Gasteiger partial charge >= 0.3 is 0 Å². The Hall–Kier alpha value is -2.73. The molecule has 1 amide bonds. The van der Waals surface area contributed by atoms with Gasteiger partial charge in [-0.15, -0.1) is 0 Å². The highest BCUT2D eigenvalue weighted by Crippen LogP contribution is 2.22. The number of amides is 1. The van der Waals surface area contributed by atoms with E-state index in [1.54, 1.807) is 12.1 Å². The fourth-order valence-corrected chi connectivity index (χ4v) is 3.36. The number of carbonyl (C=O) groups is 2. The second-order valence-electron chi connectivity index (χ2n) is 7.08. The SMILES string of the molecule is CCc1ccc(NC(=O)CN2CCN(c3ccc(C(C)=O)cc3F)CC2)cc1. The Morgan fingerprint density at radius 3 is 2.29 bits per heavy atom. The van der Waals surface area contributed by atoms with Crippen LogP contribution < -0.4 is 10.2 Å². The van der Waals surface area contributed by atoms with Crippen molar-refractivity contribution in [1.82, 2.24) is 4.90 Å². The Labute approximate surface area is 165 Å². The van der Waals surface area contributed by atoms with E-state index < -0.39 is 0 Å². The Balaban J connectivity index is 1.51. The van der Waals surface area contributed by atoms with Gasteiger partial charge in [0.15, 0.2) is 5.78 Å². The molecule has 2 aromatic rings. The third-order valence-corrected chi connectivity index (χ3v) is 5.08. The number of benzene rings is 2. The lowest BCUT2D eigenvalue weighted by atomic mass is 10.1. The molecular formula is C22H26FN3O2. The topological polar surface area (TPSA) is 52.7 Å². The summed E-state index contributed by atoms with van der Waals surface area (Å²) in [6.07, 6.45) is 0.969. The Morgan fingerprint density at radius 1 is 1.04 bits per heavy atom. The van der Waals surface area contributed by atoms with Crippen LogP contribution in [-0.4, -0.2) is 49.3 Å². The number of hydrogen-bond acceptors (Lipinski definition) is 4. The number of Topliss-reactive ketones (excluding diaryl/α,β-unsaturated/α-hetero) is 1. The molecule has 1 saturated heterocycles. The lowest BCUT2D eigenvalue weighted by Gasteiger charge is -2.35. The summed E-state index contributed by atoms with van der Waals surface area (Å²) in [5.41, 5.74) is 2.92. The molecule has 2 aromatic carbocycles. The van der Waals surface area contributed by atoms with Crippen LogP contribution in [0.5, 0.6) is 0 Å². The van der Waals surface area contributed by atoms with E-state index in [0.29, 0.717) is 44.0 Å². The fourth-order valence-electron chi connectivity index (χ4n) is 3.36. The molecule has 1 heterocycles. The van der Waals surface area contributed by atoms with E-state index in [0.717, 1.165) is 12.1 Å². The van der Waals surface area contributed by atoms with Crippen molar-refractivity contribution in [3.05, 3.63) is 59.4 Å². The number of halogens is 1. The molecule has 0 aliphatic carbocycles. The summed E-state index contributed by atoms with van der Waals surface area (Å²) in [4.78, 5) is 27.7. The second-order valence-corrected chi connectivity index (χ2v) is 7.08. The number of hydrogen-bond donors (Lipinski definition) is 1. The molecule has 1 aliphatic heterocycles. The van der Waals surface area contributed by atoms with E-state index >= 15 is 0 Å². The maximum atomic E-state index is 14.3. The molecule has 0 saturated carbocycles. The Morgan fingerprint density at radius 2 is 1.71 bits per heavy atom. The van der Waals surface area contributed by atoms with Crippen LogP contribution in [-0.2, 0) is 11.2 Å². The fraction of sp³-hybridized carbons (Fsp3) is 0.364. The van der Waals surface area contributed by atoms with Crippen LogP contribution in [0.3, 0.4) is 0 Å². The van der Waals surface area contributed by atoms with Crippen molar-refractivity contribution in [3.63, 3.8) is 0 Å². The molecule has 28 heavy (non-hydrogen) atoms. The third kappa shape index (κ3) is 4.95. The minimum atomic E-state index is -0.380. The van der Waals surface area contributed by atoms with E-state index in [1.165, 1.54) is 18.6 Å². The summed E-state index contributed by atoms with van der Waals surface area (Å²) >= 11 is 0. The zero-order valence-electron chi connectivity index (χ0n) is 16.4. The quantitative estimate of drug-likeness (QED) is 0.778. The van der Waals surface area contributed by atoms with Crippen LogP contribution in [0.15, 0.2) is 42.5 Å². The van der Waals surface area contributed by atoms with Gasteiger partial charge in [0.05, 0.1) is 12.2 Å². The molecule has 0 radical (unpaired) electrons. The maximum Gasteiger partial charge on any atom is 0.238 e.